The van der Waals surface area contributed by atoms with Crippen molar-refractivity contribution in [3.05, 3.63) is 29.8 Å². The van der Waals surface area contributed by atoms with Crippen LogP contribution in [0.4, 0.5) is 0 Å². The van der Waals surface area contributed by atoms with Gasteiger partial charge in [-0.25, -0.2) is 13.9 Å². The Morgan fingerprint density at radius 3 is 2.90 bits per heavy atom. The van der Waals surface area contributed by atoms with Crippen LogP contribution in [0.3, 0.4) is 0 Å². The summed E-state index contributed by atoms with van der Waals surface area (Å²) in [5.74, 6) is -0.0323. The smallest absolute Gasteiger partial charge is 0.263 e. The summed E-state index contributed by atoms with van der Waals surface area (Å²) < 4.78 is 26.0. The summed E-state index contributed by atoms with van der Waals surface area (Å²) in [4.78, 5) is 20.4. The van der Waals surface area contributed by atoms with E-state index in [1.807, 2.05) is 0 Å². The monoisotopic (exact) mass is 297 g/mol. The van der Waals surface area contributed by atoms with Gasteiger partial charge in [0, 0.05) is 12.0 Å². The number of nitrogens with one attached hydrogen (secondary N) is 2. The third kappa shape index (κ3) is 3.14. The van der Waals surface area contributed by atoms with Crippen LogP contribution in [0.1, 0.15) is 18.9 Å². The van der Waals surface area contributed by atoms with Crippen LogP contribution in [0.15, 0.2) is 34.2 Å². The molecule has 20 heavy (non-hydrogen) atoms. The number of sulfonamides is 1. The molecule has 0 fully saturated rings. The maximum absolute atomic E-state index is 11.8. The summed E-state index contributed by atoms with van der Waals surface area (Å²) in [7, 11) is -3.53. The van der Waals surface area contributed by atoms with Crippen LogP contribution in [0, 0.1) is 0 Å². The number of amidine groups is 1. The largest absolute Gasteiger partial charge is 0.274 e. The van der Waals surface area contributed by atoms with E-state index in [4.69, 9.17) is 4.84 Å². The Labute approximate surface area is 117 Å². The number of aliphatic imine (C=N–C) groups is 1. The Kier molecular flexibility index (Phi) is 4.35. The van der Waals surface area contributed by atoms with E-state index >= 15 is 0 Å². The Balaban J connectivity index is 2.04. The third-order valence-electron chi connectivity index (χ3n) is 2.60. The number of rotatable bonds is 5. The second kappa shape index (κ2) is 6.02. The molecule has 1 aliphatic heterocycles. The molecule has 0 saturated heterocycles. The lowest BCUT2D eigenvalue weighted by Gasteiger charge is -2.02. The predicted octanol–water partition coefficient (Wildman–Crippen LogP) is 0.183. The molecule has 108 valence electrons. The summed E-state index contributed by atoms with van der Waals surface area (Å²) in [6.45, 7) is 2.31. The van der Waals surface area contributed by atoms with Gasteiger partial charge in [0.25, 0.3) is 10.0 Å². The molecular weight excluding hydrogens is 282 g/mol. The van der Waals surface area contributed by atoms with Crippen molar-refractivity contribution in [3.63, 3.8) is 0 Å². The van der Waals surface area contributed by atoms with Gasteiger partial charge in [-0.05, 0) is 19.1 Å². The van der Waals surface area contributed by atoms with Crippen LogP contribution in [0.25, 0.3) is 0 Å². The molecule has 0 aliphatic carbocycles. The second-order valence-electron chi connectivity index (χ2n) is 4.04. The Hall–Kier alpha value is -1.93. The highest BCUT2D eigenvalue weighted by Crippen LogP contribution is 2.21. The minimum Gasteiger partial charge on any atom is -0.274 e. The maximum atomic E-state index is 11.8. The molecular formula is C12H15N3O4S. The van der Waals surface area contributed by atoms with Crippen molar-refractivity contribution in [2.45, 2.75) is 18.2 Å². The lowest BCUT2D eigenvalue weighted by Crippen LogP contribution is -2.25. The first-order valence-electron chi connectivity index (χ1n) is 6.12. The zero-order chi connectivity index (χ0) is 14.6. The van der Waals surface area contributed by atoms with Gasteiger partial charge >= 0.3 is 0 Å². The number of carbonyl (C=O) groups excluding carboxylic acids is 1. The van der Waals surface area contributed by atoms with Crippen LogP contribution < -0.4 is 10.2 Å². The molecule has 8 heteroatoms. The number of fused-ring (bicyclic) bond motifs is 1. The van der Waals surface area contributed by atoms with Crippen molar-refractivity contribution < 1.29 is 18.0 Å². The average Bonchev–Trinajstić information content (AvgIpc) is 2.69. The van der Waals surface area contributed by atoms with Gasteiger partial charge in [0.05, 0.1) is 18.0 Å². The van der Waals surface area contributed by atoms with Crippen molar-refractivity contribution in [2.75, 3.05) is 13.2 Å². The summed E-state index contributed by atoms with van der Waals surface area (Å²) in [5, 5.41) is 0. The first kappa shape index (κ1) is 14.5. The molecule has 1 aromatic carbocycles. The third-order valence-corrected chi connectivity index (χ3v) is 4.00. The SMILES string of the molecule is CCONC(=O)CCN=C1NS(=O)(=O)c2ccccc21. The van der Waals surface area contributed by atoms with Crippen molar-refractivity contribution >= 4 is 21.8 Å². The van der Waals surface area contributed by atoms with Gasteiger partial charge in [-0.2, -0.15) is 0 Å². The lowest BCUT2D eigenvalue weighted by atomic mass is 10.2. The maximum Gasteiger partial charge on any atom is 0.263 e. The summed E-state index contributed by atoms with van der Waals surface area (Å²) in [6, 6.07) is 6.57. The van der Waals surface area contributed by atoms with Crippen LogP contribution in [0.2, 0.25) is 0 Å². The fourth-order valence-electron chi connectivity index (χ4n) is 1.72. The van der Waals surface area contributed by atoms with E-state index in [1.54, 1.807) is 25.1 Å². The molecule has 0 saturated carbocycles. The topological polar surface area (TPSA) is 96.9 Å². The summed E-state index contributed by atoms with van der Waals surface area (Å²) in [6.07, 6.45) is 0.118. The highest BCUT2D eigenvalue weighted by Gasteiger charge is 2.29. The van der Waals surface area contributed by atoms with E-state index in [2.05, 4.69) is 15.2 Å². The Morgan fingerprint density at radius 1 is 1.40 bits per heavy atom. The van der Waals surface area contributed by atoms with Gasteiger partial charge in [0.15, 0.2) is 0 Å². The molecule has 7 nitrogen and oxygen atoms in total. The molecule has 1 amide bonds. The Bertz CT molecular complexity index is 640. The first-order chi connectivity index (χ1) is 9.54. The molecule has 0 radical (unpaired) electrons. The molecule has 1 aromatic rings. The van der Waals surface area contributed by atoms with Gasteiger partial charge in [0.2, 0.25) is 5.91 Å². The number of hydroxylamine groups is 1. The van der Waals surface area contributed by atoms with Gasteiger partial charge in [0.1, 0.15) is 5.84 Å². The van der Waals surface area contributed by atoms with Gasteiger partial charge in [-0.1, -0.05) is 12.1 Å². The zero-order valence-corrected chi connectivity index (χ0v) is 11.7. The molecule has 0 spiro atoms. The number of nitrogens with zero attached hydrogens (tertiary/aromatic N) is 1. The minimum atomic E-state index is -3.53. The number of hydrogen-bond acceptors (Lipinski definition) is 5. The Morgan fingerprint density at radius 2 is 2.15 bits per heavy atom. The minimum absolute atomic E-state index is 0.118. The predicted molar refractivity (Wildman–Crippen MR) is 72.6 cm³/mol. The highest BCUT2D eigenvalue weighted by atomic mass is 32.2. The van der Waals surface area contributed by atoms with Crippen LogP contribution >= 0.6 is 0 Å². The second-order valence-corrected chi connectivity index (χ2v) is 5.69. The standard InChI is InChI=1S/C12H15N3O4S/c1-2-19-14-11(16)7-8-13-12-9-5-3-4-6-10(9)20(17,18)15-12/h3-6H,2,7-8H2,1H3,(H,13,15)(H,14,16). The normalized spacial score (nSPS) is 17.6. The van der Waals surface area contributed by atoms with Gasteiger partial charge in [-0.3, -0.25) is 19.3 Å². The fourth-order valence-corrected chi connectivity index (χ4v) is 2.98. The first-order valence-corrected chi connectivity index (χ1v) is 7.60. The fraction of sp³-hybridized carbons (Fsp3) is 0.333. The zero-order valence-electron chi connectivity index (χ0n) is 10.9. The van der Waals surface area contributed by atoms with Crippen molar-refractivity contribution in [3.8, 4) is 0 Å². The van der Waals surface area contributed by atoms with Crippen LogP contribution in [0.5, 0.6) is 0 Å². The molecule has 0 unspecified atom stereocenters. The van der Waals surface area contributed by atoms with Gasteiger partial charge in [-0.15, -0.1) is 0 Å². The number of hydrogen-bond donors (Lipinski definition) is 2. The molecule has 0 aromatic heterocycles. The van der Waals surface area contributed by atoms with Crippen LogP contribution in [-0.2, 0) is 19.7 Å². The number of amides is 1. The van der Waals surface area contributed by atoms with E-state index in [1.165, 1.54) is 6.07 Å². The molecule has 2 N–H and O–H groups in total. The lowest BCUT2D eigenvalue weighted by molar-refractivity contribution is -0.132. The van der Waals surface area contributed by atoms with E-state index in [0.29, 0.717) is 12.2 Å². The van der Waals surface area contributed by atoms with Crippen LogP contribution in [-0.4, -0.2) is 33.3 Å². The molecule has 1 heterocycles. The van der Waals surface area contributed by atoms with Gasteiger partial charge < -0.3 is 0 Å². The van der Waals surface area contributed by atoms with E-state index in [9.17, 15) is 13.2 Å². The molecule has 0 atom stereocenters. The average molecular weight is 297 g/mol. The quantitative estimate of drug-likeness (QED) is 0.758. The van der Waals surface area contributed by atoms with Crippen molar-refractivity contribution in [2.24, 2.45) is 4.99 Å². The number of carbonyl (C=O) groups is 1. The van der Waals surface area contributed by atoms with Crippen molar-refractivity contribution in [1.29, 1.82) is 0 Å². The summed E-state index contributed by atoms with van der Waals surface area (Å²) in [5.41, 5.74) is 2.77. The summed E-state index contributed by atoms with van der Waals surface area (Å²) >= 11 is 0. The highest BCUT2D eigenvalue weighted by molar-refractivity contribution is 7.90. The van der Waals surface area contributed by atoms with E-state index in [-0.39, 0.29) is 29.6 Å². The molecule has 0 bridgehead atoms. The van der Waals surface area contributed by atoms with E-state index in [0.717, 1.165) is 0 Å². The number of benzene rings is 1. The van der Waals surface area contributed by atoms with E-state index < -0.39 is 10.0 Å². The van der Waals surface area contributed by atoms with Crippen molar-refractivity contribution in [1.82, 2.24) is 10.2 Å². The molecule has 2 rings (SSSR count). The molecule has 1 aliphatic rings.